The van der Waals surface area contributed by atoms with Gasteiger partial charge in [0.1, 0.15) is 5.58 Å². The van der Waals surface area contributed by atoms with Crippen LogP contribution in [0.15, 0.2) is 81.0 Å². The van der Waals surface area contributed by atoms with Gasteiger partial charge >= 0.3 is 5.97 Å². The molecule has 0 aliphatic rings. The first-order valence-electron chi connectivity index (χ1n) is 12.3. The summed E-state index contributed by atoms with van der Waals surface area (Å²) < 4.78 is 23.4. The minimum absolute atomic E-state index is 0.202. The number of ether oxygens (including phenoxy) is 3. The van der Waals surface area contributed by atoms with Gasteiger partial charge in [0.25, 0.3) is 5.56 Å². The summed E-state index contributed by atoms with van der Waals surface area (Å²) in [7, 11) is 0. The molecule has 0 saturated heterocycles. The number of furan rings is 1. The van der Waals surface area contributed by atoms with Crippen molar-refractivity contribution >= 4 is 45.7 Å². The molecule has 2 aromatic heterocycles. The summed E-state index contributed by atoms with van der Waals surface area (Å²) >= 11 is 6.48. The number of hydrogen-bond donors (Lipinski definition) is 0. The van der Waals surface area contributed by atoms with Crippen LogP contribution in [0.4, 0.5) is 0 Å². The van der Waals surface area contributed by atoms with E-state index in [9.17, 15) is 9.59 Å². The van der Waals surface area contributed by atoms with E-state index in [4.69, 9.17) is 30.2 Å². The number of fused-ring (bicyclic) bond motifs is 2. The van der Waals surface area contributed by atoms with Gasteiger partial charge in [-0.05, 0) is 55.8 Å². The van der Waals surface area contributed by atoms with Crippen LogP contribution in [0, 0.1) is 0 Å². The van der Waals surface area contributed by atoms with Gasteiger partial charge in [0, 0.05) is 5.39 Å². The lowest BCUT2D eigenvalue weighted by Gasteiger charge is -2.14. The lowest BCUT2D eigenvalue weighted by molar-refractivity contribution is -0.145. The first-order chi connectivity index (χ1) is 19.0. The number of benzene rings is 3. The minimum Gasteiger partial charge on any atom is -0.490 e. The minimum atomic E-state index is -0.525. The van der Waals surface area contributed by atoms with E-state index in [2.05, 4.69) is 10.1 Å². The molecule has 0 aliphatic carbocycles. The molecule has 39 heavy (non-hydrogen) atoms. The molecule has 0 atom stereocenters. The molecule has 0 unspecified atom stereocenters. The van der Waals surface area contributed by atoms with Crippen molar-refractivity contribution in [2.45, 2.75) is 13.8 Å². The molecule has 9 nitrogen and oxygen atoms in total. The fourth-order valence-corrected chi connectivity index (χ4v) is 4.28. The second-order valence-corrected chi connectivity index (χ2v) is 8.73. The van der Waals surface area contributed by atoms with Crippen LogP contribution in [0.3, 0.4) is 0 Å². The van der Waals surface area contributed by atoms with E-state index in [1.807, 2.05) is 43.3 Å². The summed E-state index contributed by atoms with van der Waals surface area (Å²) in [5, 5.41) is 5.95. The van der Waals surface area contributed by atoms with Crippen LogP contribution in [0.25, 0.3) is 33.5 Å². The summed E-state index contributed by atoms with van der Waals surface area (Å²) in [5.74, 6) is 0.639. The highest BCUT2D eigenvalue weighted by Crippen LogP contribution is 2.36. The van der Waals surface area contributed by atoms with E-state index < -0.39 is 5.97 Å². The molecule has 0 spiro atoms. The Morgan fingerprint density at radius 2 is 1.85 bits per heavy atom. The summed E-state index contributed by atoms with van der Waals surface area (Å²) in [6.45, 7) is 3.77. The third-order valence-electron chi connectivity index (χ3n) is 5.69. The number of esters is 1. The monoisotopic (exact) mass is 545 g/mol. The largest absolute Gasteiger partial charge is 0.490 e. The average Bonchev–Trinajstić information content (AvgIpc) is 3.37. The van der Waals surface area contributed by atoms with E-state index >= 15 is 0 Å². The van der Waals surface area contributed by atoms with E-state index in [1.54, 1.807) is 37.3 Å². The highest BCUT2D eigenvalue weighted by molar-refractivity contribution is 6.32. The highest BCUT2D eigenvalue weighted by Gasteiger charge is 2.17. The summed E-state index contributed by atoms with van der Waals surface area (Å²) in [5.41, 5.74) is 1.35. The first kappa shape index (κ1) is 26.0. The Hall–Kier alpha value is -4.63. The molecule has 0 amide bonds. The number of nitrogens with zero attached hydrogens (tertiary/aromatic N) is 3. The van der Waals surface area contributed by atoms with Gasteiger partial charge in [0.15, 0.2) is 23.9 Å². The number of rotatable bonds is 9. The lowest BCUT2D eigenvalue weighted by atomic mass is 10.2. The van der Waals surface area contributed by atoms with Gasteiger partial charge in [-0.15, -0.1) is 0 Å². The summed E-state index contributed by atoms with van der Waals surface area (Å²) in [6.07, 6.45) is 1.47. The third kappa shape index (κ3) is 5.49. The smallest absolute Gasteiger partial charge is 0.344 e. The molecule has 0 N–H and O–H groups in total. The van der Waals surface area contributed by atoms with Crippen molar-refractivity contribution in [1.82, 2.24) is 9.66 Å². The summed E-state index contributed by atoms with van der Waals surface area (Å²) in [6, 6.07) is 19.6. The number of halogens is 1. The number of hydrogen-bond acceptors (Lipinski definition) is 8. The maximum Gasteiger partial charge on any atom is 0.344 e. The predicted molar refractivity (Wildman–Crippen MR) is 149 cm³/mol. The Kier molecular flexibility index (Phi) is 7.60. The van der Waals surface area contributed by atoms with Crippen molar-refractivity contribution in [2.24, 2.45) is 5.10 Å². The fraction of sp³-hybridized carbons (Fsp3) is 0.172. The van der Waals surface area contributed by atoms with Crippen LogP contribution < -0.4 is 15.0 Å². The predicted octanol–water partition coefficient (Wildman–Crippen LogP) is 5.69. The van der Waals surface area contributed by atoms with Crippen molar-refractivity contribution < 1.29 is 23.4 Å². The van der Waals surface area contributed by atoms with E-state index in [1.165, 1.54) is 10.9 Å². The maximum absolute atomic E-state index is 13.5. The van der Waals surface area contributed by atoms with Crippen molar-refractivity contribution in [3.8, 4) is 23.1 Å². The molecule has 5 aromatic rings. The fourth-order valence-electron chi connectivity index (χ4n) is 4.01. The number of carbonyl (C=O) groups is 1. The molecule has 10 heteroatoms. The third-order valence-corrected chi connectivity index (χ3v) is 5.97. The Balaban J connectivity index is 1.57. The van der Waals surface area contributed by atoms with E-state index in [0.717, 1.165) is 5.39 Å². The second kappa shape index (κ2) is 11.4. The van der Waals surface area contributed by atoms with E-state index in [0.29, 0.717) is 40.2 Å². The topological polar surface area (TPSA) is 105 Å². The zero-order valence-electron chi connectivity index (χ0n) is 21.2. The van der Waals surface area contributed by atoms with Crippen LogP contribution in [0.2, 0.25) is 5.02 Å². The van der Waals surface area contributed by atoms with Crippen LogP contribution in [0.1, 0.15) is 19.4 Å². The van der Waals surface area contributed by atoms with Crippen LogP contribution in [0.5, 0.6) is 11.5 Å². The van der Waals surface area contributed by atoms with Gasteiger partial charge in [-0.1, -0.05) is 41.9 Å². The van der Waals surface area contributed by atoms with Crippen LogP contribution >= 0.6 is 11.6 Å². The number of para-hydroxylation sites is 2. The Bertz CT molecular complexity index is 1720. The SMILES string of the molecule is CCOC(=O)COc1c(Cl)cc(C=Nn2c(-c3cc4ccccc4o3)nc3ccccc3c2=O)cc1OCC. The molecule has 0 radical (unpaired) electrons. The van der Waals surface area contributed by atoms with Crippen molar-refractivity contribution in [1.29, 1.82) is 0 Å². The van der Waals surface area contributed by atoms with Gasteiger partial charge in [-0.25, -0.2) is 9.78 Å². The maximum atomic E-state index is 13.5. The van der Waals surface area contributed by atoms with Crippen LogP contribution in [-0.4, -0.2) is 41.7 Å². The van der Waals surface area contributed by atoms with Crippen molar-refractivity contribution in [3.05, 3.63) is 87.7 Å². The molecular formula is C29H24ClN3O6. The van der Waals surface area contributed by atoms with Crippen molar-refractivity contribution in [3.63, 3.8) is 0 Å². The van der Waals surface area contributed by atoms with Crippen LogP contribution in [-0.2, 0) is 9.53 Å². The quantitative estimate of drug-likeness (QED) is 0.173. The second-order valence-electron chi connectivity index (χ2n) is 8.32. The molecule has 0 saturated carbocycles. The Morgan fingerprint density at radius 1 is 1.05 bits per heavy atom. The highest BCUT2D eigenvalue weighted by atomic mass is 35.5. The average molecular weight is 546 g/mol. The Morgan fingerprint density at radius 3 is 2.64 bits per heavy atom. The Labute approximate surface area is 228 Å². The normalized spacial score (nSPS) is 11.4. The molecule has 0 bridgehead atoms. The molecule has 3 aromatic carbocycles. The number of aromatic nitrogens is 2. The van der Waals surface area contributed by atoms with Gasteiger partial charge in [-0.3, -0.25) is 4.79 Å². The van der Waals surface area contributed by atoms with E-state index in [-0.39, 0.29) is 35.4 Å². The molecule has 2 heterocycles. The van der Waals surface area contributed by atoms with Gasteiger partial charge in [0.05, 0.1) is 35.4 Å². The number of carbonyl (C=O) groups excluding carboxylic acids is 1. The zero-order valence-corrected chi connectivity index (χ0v) is 22.0. The molecular weight excluding hydrogens is 522 g/mol. The molecule has 0 fully saturated rings. The standard InChI is InChI=1S/C29H24ClN3O6/c1-3-36-24-14-18(13-21(30)27(24)38-17-26(34)37-4-2)16-31-33-28(25-15-19-9-5-8-12-23(19)39-25)32-22-11-7-6-10-20(22)29(33)35/h5-16H,3-4,17H2,1-2H3. The van der Waals surface area contributed by atoms with Gasteiger partial charge < -0.3 is 18.6 Å². The summed E-state index contributed by atoms with van der Waals surface area (Å²) in [4.78, 5) is 30.0. The molecule has 0 aliphatic heterocycles. The van der Waals surface area contributed by atoms with Crippen molar-refractivity contribution in [2.75, 3.05) is 19.8 Å². The van der Waals surface area contributed by atoms with Gasteiger partial charge in [0.2, 0.25) is 5.82 Å². The molecule has 5 rings (SSSR count). The van der Waals surface area contributed by atoms with Gasteiger partial charge in [-0.2, -0.15) is 9.78 Å². The molecule has 198 valence electrons. The lowest BCUT2D eigenvalue weighted by Crippen LogP contribution is -2.20. The first-order valence-corrected chi connectivity index (χ1v) is 12.7. The zero-order chi connectivity index (χ0) is 27.4.